The van der Waals surface area contributed by atoms with Crippen molar-refractivity contribution in [1.29, 1.82) is 0 Å². The molecule has 1 aliphatic carbocycles. The monoisotopic (exact) mass is 401 g/mol. The first-order chi connectivity index (χ1) is 14.8. The second-order valence-electron chi connectivity index (χ2n) is 8.12. The number of nitrogens with one attached hydrogen (secondary N) is 1. The number of anilines is 1. The largest absolute Gasteiger partial charge is 0.337 e. The fourth-order valence-electron chi connectivity index (χ4n) is 4.28. The number of piperazine rings is 1. The smallest absolute Gasteiger partial charge is 0.245 e. The quantitative estimate of drug-likeness (QED) is 0.558. The van der Waals surface area contributed by atoms with Crippen LogP contribution in [0.4, 0.5) is 5.95 Å². The summed E-state index contributed by atoms with van der Waals surface area (Å²) in [6.45, 7) is 4.82. The Morgan fingerprint density at radius 2 is 2.10 bits per heavy atom. The van der Waals surface area contributed by atoms with E-state index in [2.05, 4.69) is 30.5 Å². The summed E-state index contributed by atoms with van der Waals surface area (Å²) in [5.41, 5.74) is 4.31. The third-order valence-corrected chi connectivity index (χ3v) is 5.96. The predicted octanol–water partition coefficient (Wildman–Crippen LogP) is 1.87. The molecule has 152 valence electrons. The molecule has 4 aromatic rings. The van der Waals surface area contributed by atoms with Crippen LogP contribution >= 0.6 is 0 Å². The molecule has 6 rings (SSSR count). The minimum absolute atomic E-state index is 0.547. The van der Waals surface area contributed by atoms with E-state index in [0.717, 1.165) is 54.0 Å². The van der Waals surface area contributed by atoms with Gasteiger partial charge in [0.2, 0.25) is 5.95 Å². The van der Waals surface area contributed by atoms with E-state index >= 15 is 0 Å². The number of pyridine rings is 1. The lowest BCUT2D eigenvalue weighted by atomic mass is 10.1. The molecule has 4 aromatic heterocycles. The van der Waals surface area contributed by atoms with Crippen molar-refractivity contribution in [3.05, 3.63) is 48.7 Å². The summed E-state index contributed by atoms with van der Waals surface area (Å²) >= 11 is 0. The molecule has 2 aliphatic rings. The van der Waals surface area contributed by atoms with Gasteiger partial charge < -0.3 is 10.2 Å². The van der Waals surface area contributed by atoms with Gasteiger partial charge in [-0.25, -0.2) is 14.6 Å². The van der Waals surface area contributed by atoms with Gasteiger partial charge in [-0.2, -0.15) is 5.10 Å². The first kappa shape index (κ1) is 17.5. The van der Waals surface area contributed by atoms with Crippen LogP contribution in [0, 0.1) is 12.8 Å². The van der Waals surface area contributed by atoms with Gasteiger partial charge in [-0.1, -0.05) is 0 Å². The van der Waals surface area contributed by atoms with Gasteiger partial charge in [-0.15, -0.1) is 10.2 Å². The fraction of sp³-hybridized carbons (Fsp3) is 0.381. The van der Waals surface area contributed by atoms with Gasteiger partial charge in [0.25, 0.3) is 0 Å². The average Bonchev–Trinajstić information content (AvgIpc) is 3.34. The normalized spacial score (nSPS) is 19.5. The summed E-state index contributed by atoms with van der Waals surface area (Å²) in [7, 11) is 0. The highest BCUT2D eigenvalue weighted by Crippen LogP contribution is 2.34. The highest BCUT2D eigenvalue weighted by atomic mass is 15.3. The predicted molar refractivity (Wildman–Crippen MR) is 113 cm³/mol. The van der Waals surface area contributed by atoms with E-state index in [-0.39, 0.29) is 0 Å². The van der Waals surface area contributed by atoms with E-state index in [1.165, 1.54) is 12.8 Å². The molecule has 1 saturated carbocycles. The van der Waals surface area contributed by atoms with Gasteiger partial charge in [0.05, 0.1) is 17.6 Å². The van der Waals surface area contributed by atoms with Crippen molar-refractivity contribution in [2.75, 3.05) is 24.5 Å². The first-order valence-electron chi connectivity index (χ1n) is 10.4. The zero-order valence-electron chi connectivity index (χ0n) is 16.8. The molecule has 30 heavy (non-hydrogen) atoms. The maximum Gasteiger partial charge on any atom is 0.245 e. The number of aromatic nitrogens is 7. The summed E-state index contributed by atoms with van der Waals surface area (Å²) in [4.78, 5) is 11.6. The molecule has 1 atom stereocenters. The molecular formula is C21H23N9. The van der Waals surface area contributed by atoms with Crippen molar-refractivity contribution in [1.82, 2.24) is 39.7 Å². The van der Waals surface area contributed by atoms with Crippen LogP contribution in [0.1, 0.15) is 18.5 Å². The molecule has 9 nitrogen and oxygen atoms in total. The molecular weight excluding hydrogens is 378 g/mol. The van der Waals surface area contributed by atoms with Crippen molar-refractivity contribution in [2.45, 2.75) is 25.8 Å². The summed E-state index contributed by atoms with van der Waals surface area (Å²) < 4.78 is 3.85. The Morgan fingerprint density at radius 1 is 1.17 bits per heavy atom. The first-order valence-corrected chi connectivity index (χ1v) is 10.4. The zero-order chi connectivity index (χ0) is 20.1. The van der Waals surface area contributed by atoms with Crippen molar-refractivity contribution < 1.29 is 0 Å². The topological polar surface area (TPSA) is 89.1 Å². The molecule has 0 radical (unpaired) electrons. The standard InChI is InChI=1S/C21H23N9/c1-14-12-29-18(5-6-19(20(29)25-14)30-9-2-7-24-30)16-11-23-21(27-26-16)28-10-8-22-17(13-28)15-3-4-15/h2,5-7,9,11-12,15,17,22H,3-4,8,10,13H2,1H3/t17-/m1/s1. The Labute approximate surface area is 173 Å². The molecule has 1 saturated heterocycles. The third-order valence-electron chi connectivity index (χ3n) is 5.96. The summed E-state index contributed by atoms with van der Waals surface area (Å²) in [6, 6.07) is 6.48. The van der Waals surface area contributed by atoms with E-state index in [0.29, 0.717) is 12.0 Å². The Balaban J connectivity index is 1.33. The summed E-state index contributed by atoms with van der Waals surface area (Å²) in [6.07, 6.45) is 10.2. The van der Waals surface area contributed by atoms with Gasteiger partial charge >= 0.3 is 0 Å². The maximum absolute atomic E-state index is 4.70. The lowest BCUT2D eigenvalue weighted by Gasteiger charge is -2.33. The SMILES string of the molecule is Cc1cn2c(-c3cnc(N4CCN[C@@H](C5CC5)C4)nn3)ccc(-n3cccn3)c2n1. The molecule has 0 spiro atoms. The number of rotatable bonds is 4. The van der Waals surface area contributed by atoms with Gasteiger partial charge in [0.1, 0.15) is 11.4 Å². The van der Waals surface area contributed by atoms with Crippen molar-refractivity contribution in [3.8, 4) is 17.1 Å². The zero-order valence-corrected chi connectivity index (χ0v) is 16.8. The molecule has 0 unspecified atom stereocenters. The van der Waals surface area contributed by atoms with Gasteiger partial charge in [-0.05, 0) is 43.9 Å². The minimum Gasteiger partial charge on any atom is -0.337 e. The van der Waals surface area contributed by atoms with Crippen LogP contribution in [-0.2, 0) is 0 Å². The van der Waals surface area contributed by atoms with Gasteiger partial charge in [-0.3, -0.25) is 4.40 Å². The molecule has 0 bridgehead atoms. The second-order valence-corrected chi connectivity index (χ2v) is 8.12. The Bertz CT molecular complexity index is 1180. The van der Waals surface area contributed by atoms with E-state index in [1.807, 2.05) is 52.8 Å². The average molecular weight is 401 g/mol. The number of fused-ring (bicyclic) bond motifs is 1. The van der Waals surface area contributed by atoms with E-state index in [9.17, 15) is 0 Å². The second kappa shape index (κ2) is 6.88. The van der Waals surface area contributed by atoms with Gasteiger partial charge in [0, 0.05) is 44.3 Å². The van der Waals surface area contributed by atoms with Crippen molar-refractivity contribution >= 4 is 11.6 Å². The van der Waals surface area contributed by atoms with Gasteiger partial charge in [0.15, 0.2) is 5.65 Å². The van der Waals surface area contributed by atoms with Crippen LogP contribution in [0.2, 0.25) is 0 Å². The highest BCUT2D eigenvalue weighted by molar-refractivity contribution is 5.68. The summed E-state index contributed by atoms with van der Waals surface area (Å²) in [5, 5.41) is 16.9. The van der Waals surface area contributed by atoms with Crippen LogP contribution in [0.3, 0.4) is 0 Å². The third kappa shape index (κ3) is 3.02. The van der Waals surface area contributed by atoms with Crippen molar-refractivity contribution in [2.24, 2.45) is 5.92 Å². The maximum atomic E-state index is 4.70. The number of hydrogen-bond acceptors (Lipinski definition) is 7. The fourth-order valence-corrected chi connectivity index (χ4v) is 4.28. The molecule has 1 N–H and O–H groups in total. The van der Waals surface area contributed by atoms with E-state index in [1.54, 1.807) is 6.20 Å². The van der Waals surface area contributed by atoms with Crippen LogP contribution in [0.5, 0.6) is 0 Å². The number of nitrogens with zero attached hydrogens (tertiary/aromatic N) is 8. The van der Waals surface area contributed by atoms with Crippen LogP contribution in [0.25, 0.3) is 22.7 Å². The number of aryl methyl sites for hydroxylation is 1. The Hall–Kier alpha value is -3.33. The summed E-state index contributed by atoms with van der Waals surface area (Å²) in [5.74, 6) is 1.52. The van der Waals surface area contributed by atoms with E-state index in [4.69, 9.17) is 4.98 Å². The lowest BCUT2D eigenvalue weighted by Crippen LogP contribution is -2.52. The molecule has 0 amide bonds. The number of hydrogen-bond donors (Lipinski definition) is 1. The van der Waals surface area contributed by atoms with Crippen molar-refractivity contribution in [3.63, 3.8) is 0 Å². The van der Waals surface area contributed by atoms with Crippen LogP contribution in [-0.4, -0.2) is 60.0 Å². The molecule has 0 aromatic carbocycles. The molecule has 1 aliphatic heterocycles. The molecule has 2 fully saturated rings. The molecule has 5 heterocycles. The highest BCUT2D eigenvalue weighted by Gasteiger charge is 2.34. The Morgan fingerprint density at radius 3 is 2.87 bits per heavy atom. The molecule has 9 heteroatoms. The number of imidazole rings is 1. The van der Waals surface area contributed by atoms with E-state index < -0.39 is 0 Å². The van der Waals surface area contributed by atoms with Crippen LogP contribution < -0.4 is 10.2 Å². The minimum atomic E-state index is 0.547. The Kier molecular flexibility index (Phi) is 4.02. The lowest BCUT2D eigenvalue weighted by molar-refractivity contribution is 0.414. The van der Waals surface area contributed by atoms with Crippen LogP contribution in [0.15, 0.2) is 43.0 Å².